The lowest BCUT2D eigenvalue weighted by Crippen LogP contribution is -2.41. The van der Waals surface area contributed by atoms with E-state index >= 15 is 0 Å². The Labute approximate surface area is 115 Å². The van der Waals surface area contributed by atoms with Gasteiger partial charge in [0.05, 0.1) is 4.47 Å². The van der Waals surface area contributed by atoms with E-state index in [0.29, 0.717) is 23.3 Å². The summed E-state index contributed by atoms with van der Waals surface area (Å²) < 4.78 is 0.716. The fourth-order valence-corrected chi connectivity index (χ4v) is 1.61. The van der Waals surface area contributed by atoms with Crippen molar-refractivity contribution < 1.29 is 4.79 Å². The molecule has 0 bridgehead atoms. The van der Waals surface area contributed by atoms with Crippen LogP contribution < -0.4 is 16.4 Å². The molecule has 100 valence electrons. The number of nitrogens with two attached hydrogens (primary N) is 1. The molecule has 6 nitrogen and oxygen atoms in total. The molecule has 1 rings (SSSR count). The van der Waals surface area contributed by atoms with Crippen LogP contribution in [0.4, 0.5) is 11.8 Å². The van der Waals surface area contributed by atoms with Crippen LogP contribution in [-0.2, 0) is 4.79 Å². The fourth-order valence-electron chi connectivity index (χ4n) is 1.28. The number of rotatable bonds is 4. The van der Waals surface area contributed by atoms with Crippen LogP contribution in [0.2, 0.25) is 0 Å². The van der Waals surface area contributed by atoms with Crippen LogP contribution in [0.15, 0.2) is 10.7 Å². The van der Waals surface area contributed by atoms with E-state index in [0.717, 1.165) is 0 Å². The maximum Gasteiger partial charge on any atom is 0.222 e. The maximum absolute atomic E-state index is 11.6. The molecule has 0 spiro atoms. The predicted octanol–water partition coefficient (Wildman–Crippen LogP) is 1.54. The molecule has 0 aromatic carbocycles. The summed E-state index contributed by atoms with van der Waals surface area (Å²) in [5.41, 5.74) is 5.27. The Bertz CT molecular complexity index is 430. The van der Waals surface area contributed by atoms with Gasteiger partial charge in [0, 0.05) is 24.7 Å². The van der Waals surface area contributed by atoms with Gasteiger partial charge in [-0.2, -0.15) is 4.98 Å². The molecule has 1 amide bonds. The molecular formula is C11H18BrN5O. The zero-order chi connectivity index (χ0) is 13.8. The van der Waals surface area contributed by atoms with E-state index in [9.17, 15) is 4.79 Å². The third-order valence-corrected chi connectivity index (χ3v) is 2.50. The van der Waals surface area contributed by atoms with Gasteiger partial charge in [-0.1, -0.05) is 0 Å². The van der Waals surface area contributed by atoms with E-state index in [2.05, 4.69) is 36.5 Å². The van der Waals surface area contributed by atoms with E-state index in [1.165, 1.54) is 0 Å². The lowest BCUT2D eigenvalue weighted by atomic mass is 10.1. The summed E-state index contributed by atoms with van der Waals surface area (Å²) in [5.74, 6) is 0.777. The first-order valence-electron chi connectivity index (χ1n) is 5.61. The lowest BCUT2D eigenvalue weighted by molar-refractivity contribution is -0.122. The lowest BCUT2D eigenvalue weighted by Gasteiger charge is -2.20. The average Bonchev–Trinajstić information content (AvgIpc) is 2.20. The number of nitrogens with zero attached hydrogens (tertiary/aromatic N) is 2. The molecule has 0 aliphatic rings. The molecule has 1 aromatic heterocycles. The maximum atomic E-state index is 11.6. The van der Waals surface area contributed by atoms with Crippen molar-refractivity contribution in [1.82, 2.24) is 15.3 Å². The van der Waals surface area contributed by atoms with Gasteiger partial charge >= 0.3 is 0 Å². The van der Waals surface area contributed by atoms with Gasteiger partial charge < -0.3 is 16.4 Å². The number of amides is 1. The van der Waals surface area contributed by atoms with Gasteiger partial charge in [0.15, 0.2) is 0 Å². The molecule has 0 fully saturated rings. The first-order chi connectivity index (χ1) is 8.28. The molecule has 0 atom stereocenters. The molecule has 0 saturated heterocycles. The van der Waals surface area contributed by atoms with Crippen molar-refractivity contribution in [3.63, 3.8) is 0 Å². The third kappa shape index (κ3) is 5.31. The van der Waals surface area contributed by atoms with Crippen molar-refractivity contribution in [2.24, 2.45) is 0 Å². The Morgan fingerprint density at radius 1 is 1.50 bits per heavy atom. The second kappa shape index (κ2) is 5.99. The van der Waals surface area contributed by atoms with Gasteiger partial charge in [-0.3, -0.25) is 4.79 Å². The number of nitrogens with one attached hydrogen (secondary N) is 2. The smallest absolute Gasteiger partial charge is 0.222 e. The van der Waals surface area contributed by atoms with Gasteiger partial charge in [0.25, 0.3) is 0 Å². The summed E-state index contributed by atoms with van der Waals surface area (Å²) in [6, 6.07) is 0. The zero-order valence-electron chi connectivity index (χ0n) is 10.7. The molecule has 7 heteroatoms. The number of carbonyl (C=O) groups is 1. The van der Waals surface area contributed by atoms with Crippen LogP contribution in [0.3, 0.4) is 0 Å². The standard InChI is InChI=1S/C11H18BrN5O/c1-11(2,3)17-8(18)4-5-14-9-7(12)6-15-10(13)16-9/h6H,4-5H2,1-3H3,(H,17,18)(H3,13,14,15,16). The molecular weight excluding hydrogens is 298 g/mol. The first kappa shape index (κ1) is 14.7. The number of aromatic nitrogens is 2. The molecule has 0 unspecified atom stereocenters. The fraction of sp³-hybridized carbons (Fsp3) is 0.545. The number of anilines is 2. The van der Waals surface area contributed by atoms with Crippen LogP contribution >= 0.6 is 15.9 Å². The van der Waals surface area contributed by atoms with E-state index in [1.54, 1.807) is 6.20 Å². The molecule has 1 heterocycles. The first-order valence-corrected chi connectivity index (χ1v) is 6.40. The van der Waals surface area contributed by atoms with Crippen molar-refractivity contribution >= 4 is 33.6 Å². The number of hydrogen-bond acceptors (Lipinski definition) is 5. The van der Waals surface area contributed by atoms with Gasteiger partial charge in [-0.15, -0.1) is 0 Å². The Morgan fingerprint density at radius 2 is 2.17 bits per heavy atom. The number of halogens is 1. The SMILES string of the molecule is CC(C)(C)NC(=O)CCNc1nc(N)ncc1Br. The Morgan fingerprint density at radius 3 is 2.78 bits per heavy atom. The highest BCUT2D eigenvalue weighted by Crippen LogP contribution is 2.18. The summed E-state index contributed by atoms with van der Waals surface area (Å²) in [4.78, 5) is 19.4. The minimum Gasteiger partial charge on any atom is -0.368 e. The molecule has 1 aromatic rings. The Balaban J connectivity index is 2.42. The normalized spacial score (nSPS) is 11.1. The van der Waals surface area contributed by atoms with Crippen LogP contribution in [0.1, 0.15) is 27.2 Å². The van der Waals surface area contributed by atoms with Crippen molar-refractivity contribution in [2.75, 3.05) is 17.6 Å². The van der Waals surface area contributed by atoms with Crippen LogP contribution in [0.25, 0.3) is 0 Å². The highest BCUT2D eigenvalue weighted by molar-refractivity contribution is 9.10. The number of nitrogen functional groups attached to an aromatic ring is 1. The molecule has 4 N–H and O–H groups in total. The van der Waals surface area contributed by atoms with E-state index in [4.69, 9.17) is 5.73 Å². The van der Waals surface area contributed by atoms with Gasteiger partial charge in [0.2, 0.25) is 11.9 Å². The predicted molar refractivity (Wildman–Crippen MR) is 75.1 cm³/mol. The van der Waals surface area contributed by atoms with Gasteiger partial charge in [-0.25, -0.2) is 4.98 Å². The summed E-state index contributed by atoms with van der Waals surface area (Å²) >= 11 is 3.30. The summed E-state index contributed by atoms with van der Waals surface area (Å²) in [7, 11) is 0. The largest absolute Gasteiger partial charge is 0.368 e. The number of carbonyl (C=O) groups excluding carboxylic acids is 1. The highest BCUT2D eigenvalue weighted by atomic mass is 79.9. The second-order valence-electron chi connectivity index (χ2n) is 4.90. The van der Waals surface area contributed by atoms with E-state index in [-0.39, 0.29) is 17.4 Å². The molecule has 18 heavy (non-hydrogen) atoms. The van der Waals surface area contributed by atoms with Crippen LogP contribution in [-0.4, -0.2) is 28.0 Å². The van der Waals surface area contributed by atoms with Gasteiger partial charge in [-0.05, 0) is 36.7 Å². The Kier molecular flexibility index (Phi) is 4.89. The number of hydrogen-bond donors (Lipinski definition) is 3. The molecule has 0 aliphatic heterocycles. The van der Waals surface area contributed by atoms with Crippen molar-refractivity contribution in [3.8, 4) is 0 Å². The van der Waals surface area contributed by atoms with Crippen LogP contribution in [0, 0.1) is 0 Å². The minimum absolute atomic E-state index is 0.00634. The molecule has 0 radical (unpaired) electrons. The van der Waals surface area contributed by atoms with Crippen molar-refractivity contribution in [3.05, 3.63) is 10.7 Å². The van der Waals surface area contributed by atoms with E-state index in [1.807, 2.05) is 20.8 Å². The monoisotopic (exact) mass is 315 g/mol. The summed E-state index contributed by atoms with van der Waals surface area (Å²) in [5, 5.41) is 5.91. The second-order valence-corrected chi connectivity index (χ2v) is 5.75. The van der Waals surface area contributed by atoms with Crippen molar-refractivity contribution in [1.29, 1.82) is 0 Å². The third-order valence-electron chi connectivity index (χ3n) is 1.92. The quantitative estimate of drug-likeness (QED) is 0.783. The van der Waals surface area contributed by atoms with E-state index < -0.39 is 0 Å². The minimum atomic E-state index is -0.211. The highest BCUT2D eigenvalue weighted by Gasteiger charge is 2.13. The van der Waals surface area contributed by atoms with Crippen LogP contribution in [0.5, 0.6) is 0 Å². The average molecular weight is 316 g/mol. The summed E-state index contributed by atoms with van der Waals surface area (Å²) in [6.07, 6.45) is 1.94. The van der Waals surface area contributed by atoms with Crippen molar-refractivity contribution in [2.45, 2.75) is 32.7 Å². The molecule has 0 saturated carbocycles. The molecule has 0 aliphatic carbocycles. The zero-order valence-corrected chi connectivity index (χ0v) is 12.3. The van der Waals surface area contributed by atoms with Gasteiger partial charge in [0.1, 0.15) is 5.82 Å². The summed E-state index contributed by atoms with van der Waals surface area (Å²) in [6.45, 7) is 6.32. The topological polar surface area (TPSA) is 92.9 Å². The Hall–Kier alpha value is -1.37.